The van der Waals surface area contributed by atoms with E-state index in [1.165, 1.54) is 6.20 Å². The van der Waals surface area contributed by atoms with E-state index >= 15 is 0 Å². The van der Waals surface area contributed by atoms with Crippen LogP contribution < -0.4 is 10.6 Å². The molecule has 0 aliphatic heterocycles. The molecule has 0 radical (unpaired) electrons. The van der Waals surface area contributed by atoms with Gasteiger partial charge in [0.2, 0.25) is 5.91 Å². The molecule has 0 saturated heterocycles. The van der Waals surface area contributed by atoms with Crippen molar-refractivity contribution in [3.63, 3.8) is 0 Å². The summed E-state index contributed by atoms with van der Waals surface area (Å²) in [5.74, 6) is -0.671. The van der Waals surface area contributed by atoms with Crippen molar-refractivity contribution >= 4 is 23.4 Å². The summed E-state index contributed by atoms with van der Waals surface area (Å²) < 4.78 is 0. The van der Waals surface area contributed by atoms with Crippen molar-refractivity contribution in [3.8, 4) is 0 Å². The SMILES string of the molecule is CC(NC(=O)c1cccnc1Cl)C(=O)NC(C)(C)C. The number of nitrogens with one attached hydrogen (secondary N) is 2. The third-order valence-corrected chi connectivity index (χ3v) is 2.54. The summed E-state index contributed by atoms with van der Waals surface area (Å²) in [6, 6.07) is 2.52. The quantitative estimate of drug-likeness (QED) is 0.831. The van der Waals surface area contributed by atoms with E-state index in [0.717, 1.165) is 0 Å². The molecule has 1 aromatic rings. The molecule has 0 aromatic carbocycles. The highest BCUT2D eigenvalue weighted by atomic mass is 35.5. The summed E-state index contributed by atoms with van der Waals surface area (Å²) in [5, 5.41) is 5.49. The van der Waals surface area contributed by atoms with Crippen molar-refractivity contribution in [2.75, 3.05) is 0 Å². The second-order valence-corrected chi connectivity index (χ2v) is 5.63. The zero-order chi connectivity index (χ0) is 14.6. The van der Waals surface area contributed by atoms with Gasteiger partial charge >= 0.3 is 0 Å². The monoisotopic (exact) mass is 283 g/mol. The fourth-order valence-corrected chi connectivity index (χ4v) is 1.58. The summed E-state index contributed by atoms with van der Waals surface area (Å²) in [7, 11) is 0. The van der Waals surface area contributed by atoms with E-state index < -0.39 is 11.9 Å². The predicted molar refractivity (Wildman–Crippen MR) is 74.1 cm³/mol. The Hall–Kier alpha value is -1.62. The van der Waals surface area contributed by atoms with Crippen LogP contribution in [-0.4, -0.2) is 28.4 Å². The second-order valence-electron chi connectivity index (χ2n) is 5.28. The largest absolute Gasteiger partial charge is 0.350 e. The molecule has 5 nitrogen and oxygen atoms in total. The van der Waals surface area contributed by atoms with E-state index in [1.807, 2.05) is 20.8 Å². The van der Waals surface area contributed by atoms with E-state index in [1.54, 1.807) is 19.1 Å². The lowest BCUT2D eigenvalue weighted by Gasteiger charge is -2.23. The molecule has 0 aliphatic carbocycles. The summed E-state index contributed by atoms with van der Waals surface area (Å²) in [4.78, 5) is 27.6. The lowest BCUT2D eigenvalue weighted by Crippen LogP contribution is -2.50. The highest BCUT2D eigenvalue weighted by Gasteiger charge is 2.21. The van der Waals surface area contributed by atoms with Gasteiger partial charge in [-0.15, -0.1) is 0 Å². The standard InChI is InChI=1S/C13H18ClN3O2/c1-8(11(18)17-13(2,3)4)16-12(19)9-6-5-7-15-10(9)14/h5-8H,1-4H3,(H,16,19)(H,17,18). The van der Waals surface area contributed by atoms with E-state index in [9.17, 15) is 9.59 Å². The van der Waals surface area contributed by atoms with Crippen LogP contribution in [0.2, 0.25) is 5.15 Å². The maximum Gasteiger partial charge on any atom is 0.255 e. The van der Waals surface area contributed by atoms with Crippen LogP contribution in [0.4, 0.5) is 0 Å². The van der Waals surface area contributed by atoms with Crippen LogP contribution >= 0.6 is 11.6 Å². The molecule has 104 valence electrons. The summed E-state index contributed by atoms with van der Waals surface area (Å²) in [6.45, 7) is 7.23. The number of carbonyl (C=O) groups excluding carboxylic acids is 2. The minimum absolute atomic E-state index is 0.114. The van der Waals surface area contributed by atoms with Gasteiger partial charge in [-0.3, -0.25) is 9.59 Å². The van der Waals surface area contributed by atoms with Crippen LogP contribution in [0.1, 0.15) is 38.1 Å². The fraction of sp³-hybridized carbons (Fsp3) is 0.462. The second kappa shape index (κ2) is 6.02. The van der Waals surface area contributed by atoms with Crippen molar-refractivity contribution in [1.82, 2.24) is 15.6 Å². The number of hydrogen-bond acceptors (Lipinski definition) is 3. The van der Waals surface area contributed by atoms with Crippen LogP contribution in [0.3, 0.4) is 0 Å². The van der Waals surface area contributed by atoms with Gasteiger partial charge in [0.1, 0.15) is 11.2 Å². The van der Waals surface area contributed by atoms with Gasteiger partial charge in [0.25, 0.3) is 5.91 Å². The fourth-order valence-electron chi connectivity index (χ4n) is 1.37. The molecular formula is C13H18ClN3O2. The number of nitrogens with zero attached hydrogens (tertiary/aromatic N) is 1. The molecule has 1 rings (SSSR count). The van der Waals surface area contributed by atoms with Gasteiger partial charge in [-0.1, -0.05) is 11.6 Å². The zero-order valence-corrected chi connectivity index (χ0v) is 12.2. The normalized spacial score (nSPS) is 12.7. The molecule has 2 amide bonds. The number of hydrogen-bond donors (Lipinski definition) is 2. The Kier molecular flexibility index (Phi) is 4.89. The number of aromatic nitrogens is 1. The smallest absolute Gasteiger partial charge is 0.255 e. The van der Waals surface area contributed by atoms with Crippen molar-refractivity contribution in [2.24, 2.45) is 0 Å². The van der Waals surface area contributed by atoms with Gasteiger partial charge in [0.15, 0.2) is 0 Å². The Balaban J connectivity index is 2.67. The predicted octanol–water partition coefficient (Wildman–Crippen LogP) is 1.77. The lowest BCUT2D eigenvalue weighted by atomic mass is 10.1. The van der Waals surface area contributed by atoms with Crippen LogP contribution in [0.15, 0.2) is 18.3 Å². The zero-order valence-electron chi connectivity index (χ0n) is 11.5. The number of rotatable bonds is 3. The molecule has 1 heterocycles. The first-order valence-electron chi connectivity index (χ1n) is 5.94. The Morgan fingerprint density at radius 3 is 2.53 bits per heavy atom. The third kappa shape index (κ3) is 4.87. The van der Waals surface area contributed by atoms with Gasteiger partial charge in [0, 0.05) is 11.7 Å². The van der Waals surface area contributed by atoms with E-state index in [2.05, 4.69) is 15.6 Å². The molecule has 1 unspecified atom stereocenters. The molecule has 0 aliphatic rings. The molecular weight excluding hydrogens is 266 g/mol. The Morgan fingerprint density at radius 1 is 1.37 bits per heavy atom. The minimum Gasteiger partial charge on any atom is -0.350 e. The topological polar surface area (TPSA) is 71.1 Å². The van der Waals surface area contributed by atoms with Crippen molar-refractivity contribution < 1.29 is 9.59 Å². The Bertz CT molecular complexity index is 483. The highest BCUT2D eigenvalue weighted by molar-refractivity contribution is 6.32. The molecule has 0 spiro atoms. The molecule has 0 saturated carbocycles. The number of pyridine rings is 1. The maximum atomic E-state index is 11.9. The highest BCUT2D eigenvalue weighted by Crippen LogP contribution is 2.11. The molecule has 0 fully saturated rings. The Morgan fingerprint density at radius 2 is 2.00 bits per heavy atom. The van der Waals surface area contributed by atoms with E-state index in [4.69, 9.17) is 11.6 Å². The molecule has 19 heavy (non-hydrogen) atoms. The van der Waals surface area contributed by atoms with Gasteiger partial charge < -0.3 is 10.6 Å². The van der Waals surface area contributed by atoms with Crippen molar-refractivity contribution in [2.45, 2.75) is 39.3 Å². The van der Waals surface area contributed by atoms with Crippen molar-refractivity contribution in [1.29, 1.82) is 0 Å². The van der Waals surface area contributed by atoms with Gasteiger partial charge in [-0.05, 0) is 39.8 Å². The number of halogens is 1. The summed E-state index contributed by atoms with van der Waals surface area (Å²) >= 11 is 5.82. The van der Waals surface area contributed by atoms with E-state index in [-0.39, 0.29) is 22.2 Å². The molecule has 1 aromatic heterocycles. The van der Waals surface area contributed by atoms with Crippen LogP contribution in [0.25, 0.3) is 0 Å². The first-order valence-corrected chi connectivity index (χ1v) is 6.32. The molecule has 0 bridgehead atoms. The van der Waals surface area contributed by atoms with Crippen molar-refractivity contribution in [3.05, 3.63) is 29.0 Å². The van der Waals surface area contributed by atoms with Crippen LogP contribution in [0.5, 0.6) is 0 Å². The van der Waals surface area contributed by atoms with Gasteiger partial charge in [-0.2, -0.15) is 0 Å². The van der Waals surface area contributed by atoms with Gasteiger partial charge in [0.05, 0.1) is 5.56 Å². The maximum absolute atomic E-state index is 11.9. The average Bonchev–Trinajstić information content (AvgIpc) is 2.27. The first kappa shape index (κ1) is 15.4. The van der Waals surface area contributed by atoms with Crippen LogP contribution in [-0.2, 0) is 4.79 Å². The Labute approximate surface area is 117 Å². The number of carbonyl (C=O) groups is 2. The molecule has 1 atom stereocenters. The van der Waals surface area contributed by atoms with E-state index in [0.29, 0.717) is 0 Å². The lowest BCUT2D eigenvalue weighted by molar-refractivity contribution is -0.124. The average molecular weight is 284 g/mol. The minimum atomic E-state index is -0.650. The first-order chi connectivity index (χ1) is 8.70. The molecule has 6 heteroatoms. The molecule has 2 N–H and O–H groups in total. The summed E-state index contributed by atoms with van der Waals surface area (Å²) in [5.41, 5.74) is -0.0956. The number of amides is 2. The summed E-state index contributed by atoms with van der Waals surface area (Å²) in [6.07, 6.45) is 1.49. The third-order valence-electron chi connectivity index (χ3n) is 2.24. The van der Waals surface area contributed by atoms with Crippen LogP contribution in [0, 0.1) is 0 Å². The van der Waals surface area contributed by atoms with Gasteiger partial charge in [-0.25, -0.2) is 4.98 Å².